The molecule has 0 unspecified atom stereocenters. The highest BCUT2D eigenvalue weighted by Crippen LogP contribution is 2.11. The van der Waals surface area contributed by atoms with Crippen molar-refractivity contribution in [3.8, 4) is 5.75 Å². The zero-order chi connectivity index (χ0) is 8.27. The Morgan fingerprint density at radius 3 is 2.82 bits per heavy atom. The van der Waals surface area contributed by atoms with Crippen LogP contribution < -0.4 is 10.4 Å². The maximum atomic E-state index is 8.37. The van der Waals surface area contributed by atoms with E-state index in [1.165, 1.54) is 18.3 Å². The van der Waals surface area contributed by atoms with Crippen molar-refractivity contribution >= 4 is 13.1 Å². The fourth-order valence-electron chi connectivity index (χ4n) is 0.623. The van der Waals surface area contributed by atoms with Gasteiger partial charge >= 0.3 is 7.32 Å². The van der Waals surface area contributed by atoms with E-state index in [0.717, 1.165) is 0 Å². The van der Waals surface area contributed by atoms with E-state index in [4.69, 9.17) is 15.8 Å². The average Bonchev–Trinajstić information content (AvgIpc) is 1.85. The number of pyridine rings is 1. The number of rotatable bonds is 2. The summed E-state index contributed by atoms with van der Waals surface area (Å²) < 4.78 is 4.49. The van der Waals surface area contributed by atoms with Crippen LogP contribution in [0.2, 0.25) is 0 Å². The average molecular weight is 154 g/mol. The third-order valence-corrected chi connectivity index (χ3v) is 0.994. The van der Waals surface area contributed by atoms with Gasteiger partial charge in [-0.1, -0.05) is 0 Å². The Bertz CT molecular complexity index is 243. The van der Waals surface area contributed by atoms with E-state index in [2.05, 4.69) is 9.64 Å². The first kappa shape index (κ1) is 7.84. The van der Waals surface area contributed by atoms with Crippen LogP contribution >= 0.6 is 0 Å². The second-order valence-corrected chi connectivity index (χ2v) is 1.86. The maximum Gasteiger partial charge on any atom is 0.707 e. The highest BCUT2D eigenvalue weighted by molar-refractivity contribution is 6.33. The van der Waals surface area contributed by atoms with E-state index in [0.29, 0.717) is 0 Å². The molecule has 5 nitrogen and oxygen atoms in total. The highest BCUT2D eigenvalue weighted by atomic mass is 16.6. The zero-order valence-corrected chi connectivity index (χ0v) is 5.64. The molecule has 0 aliphatic rings. The lowest BCUT2D eigenvalue weighted by molar-refractivity contribution is 0.288. The zero-order valence-electron chi connectivity index (χ0n) is 5.64. The van der Waals surface area contributed by atoms with Gasteiger partial charge in [0.1, 0.15) is 11.6 Å². The van der Waals surface area contributed by atoms with Gasteiger partial charge in [0.15, 0.2) is 0 Å². The van der Waals surface area contributed by atoms with Crippen LogP contribution in [0.3, 0.4) is 0 Å². The normalized spacial score (nSPS) is 9.27. The van der Waals surface area contributed by atoms with Gasteiger partial charge < -0.3 is 20.4 Å². The molecule has 0 spiro atoms. The van der Waals surface area contributed by atoms with Crippen LogP contribution in [-0.4, -0.2) is 22.4 Å². The molecule has 0 aliphatic heterocycles. The molecule has 6 heteroatoms. The molecule has 1 rings (SSSR count). The lowest BCUT2D eigenvalue weighted by Crippen LogP contribution is -2.20. The summed E-state index contributed by atoms with van der Waals surface area (Å²) in [4.78, 5) is 3.68. The summed E-state index contributed by atoms with van der Waals surface area (Å²) in [5.41, 5.74) is 5.28. The summed E-state index contributed by atoms with van der Waals surface area (Å²) in [5.74, 6) is 0.538. The standard InChI is InChI=1S/C5H7BN2O3/c7-5-3-4(1-2-8-5)11-6(9)10/h1-3,9-10H,(H2,7,8). The molecule has 4 N–H and O–H groups in total. The van der Waals surface area contributed by atoms with Gasteiger partial charge in [0.2, 0.25) is 0 Å². The van der Waals surface area contributed by atoms with Crippen molar-refractivity contribution < 1.29 is 14.7 Å². The van der Waals surface area contributed by atoms with E-state index >= 15 is 0 Å². The van der Waals surface area contributed by atoms with E-state index in [1.54, 1.807) is 0 Å². The first-order valence-electron chi connectivity index (χ1n) is 2.93. The van der Waals surface area contributed by atoms with Crippen molar-refractivity contribution in [1.29, 1.82) is 0 Å². The summed E-state index contributed by atoms with van der Waals surface area (Å²) in [6.45, 7) is 0. The van der Waals surface area contributed by atoms with E-state index in [1.807, 2.05) is 0 Å². The molecular weight excluding hydrogens is 147 g/mol. The number of anilines is 1. The summed E-state index contributed by atoms with van der Waals surface area (Å²) in [6, 6.07) is 2.86. The van der Waals surface area contributed by atoms with E-state index in [-0.39, 0.29) is 11.6 Å². The van der Waals surface area contributed by atoms with Gasteiger partial charge in [-0.05, 0) is 6.07 Å². The molecular formula is C5H7BN2O3. The van der Waals surface area contributed by atoms with Crippen LogP contribution in [0, 0.1) is 0 Å². The Balaban J connectivity index is 2.71. The molecule has 0 bridgehead atoms. The van der Waals surface area contributed by atoms with Crippen molar-refractivity contribution in [2.45, 2.75) is 0 Å². The Morgan fingerprint density at radius 2 is 2.27 bits per heavy atom. The molecule has 1 heterocycles. The van der Waals surface area contributed by atoms with Crippen molar-refractivity contribution in [3.05, 3.63) is 18.3 Å². The monoisotopic (exact) mass is 154 g/mol. The van der Waals surface area contributed by atoms with Gasteiger partial charge in [-0.3, -0.25) is 0 Å². The molecule has 0 fully saturated rings. The van der Waals surface area contributed by atoms with Crippen LogP contribution in [-0.2, 0) is 0 Å². The first-order valence-corrected chi connectivity index (χ1v) is 2.93. The third kappa shape index (κ3) is 2.44. The highest BCUT2D eigenvalue weighted by Gasteiger charge is 2.10. The molecule has 58 valence electrons. The number of nitrogens with two attached hydrogens (primary N) is 1. The third-order valence-electron chi connectivity index (χ3n) is 0.994. The van der Waals surface area contributed by atoms with E-state index < -0.39 is 7.32 Å². The molecule has 0 saturated heterocycles. The molecule has 0 aliphatic carbocycles. The molecule has 1 aromatic rings. The Labute approximate surface area is 63.6 Å². The van der Waals surface area contributed by atoms with Gasteiger partial charge in [0.25, 0.3) is 0 Å². The Kier molecular flexibility index (Phi) is 2.30. The van der Waals surface area contributed by atoms with Crippen molar-refractivity contribution in [3.63, 3.8) is 0 Å². The molecule has 1 aromatic heterocycles. The summed E-state index contributed by atoms with van der Waals surface area (Å²) in [7, 11) is -1.82. The van der Waals surface area contributed by atoms with Gasteiger partial charge in [-0.25, -0.2) is 4.98 Å². The first-order chi connectivity index (χ1) is 5.18. The second-order valence-electron chi connectivity index (χ2n) is 1.86. The topological polar surface area (TPSA) is 88.6 Å². The van der Waals surface area contributed by atoms with Crippen LogP contribution in [0.1, 0.15) is 0 Å². The largest absolute Gasteiger partial charge is 0.707 e. The maximum absolute atomic E-state index is 8.37. The van der Waals surface area contributed by atoms with Gasteiger partial charge in [-0.15, -0.1) is 0 Å². The molecule has 0 atom stereocenters. The fraction of sp³-hybridized carbons (Fsp3) is 0. The predicted octanol–water partition coefficient (Wildman–Crippen LogP) is -0.988. The molecule has 0 saturated carbocycles. The van der Waals surface area contributed by atoms with Crippen LogP contribution in [0.15, 0.2) is 18.3 Å². The predicted molar refractivity (Wildman–Crippen MR) is 39.5 cm³/mol. The second kappa shape index (κ2) is 3.22. The summed E-state index contributed by atoms with van der Waals surface area (Å²) in [5, 5.41) is 16.7. The minimum absolute atomic E-state index is 0.267. The smallest absolute Gasteiger partial charge is 0.512 e. The SMILES string of the molecule is Nc1cc(OB(O)O)ccn1. The molecule has 11 heavy (non-hydrogen) atoms. The van der Waals surface area contributed by atoms with Crippen molar-refractivity contribution in [1.82, 2.24) is 4.98 Å². The summed E-state index contributed by atoms with van der Waals surface area (Å²) in [6.07, 6.45) is 1.41. The number of nitrogen functional groups attached to an aromatic ring is 1. The number of hydrogen-bond donors (Lipinski definition) is 3. The van der Waals surface area contributed by atoms with Crippen LogP contribution in [0.5, 0.6) is 5.75 Å². The number of nitrogens with zero attached hydrogens (tertiary/aromatic N) is 1. The van der Waals surface area contributed by atoms with Gasteiger partial charge in [0, 0.05) is 12.3 Å². The molecule has 0 aromatic carbocycles. The van der Waals surface area contributed by atoms with E-state index in [9.17, 15) is 0 Å². The van der Waals surface area contributed by atoms with Crippen molar-refractivity contribution in [2.75, 3.05) is 5.73 Å². The minimum atomic E-state index is -1.82. The number of aromatic nitrogens is 1. The quantitative estimate of drug-likeness (QED) is 0.476. The van der Waals surface area contributed by atoms with Crippen LogP contribution in [0.25, 0.3) is 0 Å². The number of hydrogen-bond acceptors (Lipinski definition) is 5. The lowest BCUT2D eigenvalue weighted by atomic mass is 10.2. The van der Waals surface area contributed by atoms with Crippen LogP contribution in [0.4, 0.5) is 5.82 Å². The molecule has 0 radical (unpaired) electrons. The van der Waals surface area contributed by atoms with Gasteiger partial charge in [-0.2, -0.15) is 0 Å². The Morgan fingerprint density at radius 1 is 1.55 bits per heavy atom. The van der Waals surface area contributed by atoms with Gasteiger partial charge in [0.05, 0.1) is 0 Å². The molecule has 0 amide bonds. The lowest BCUT2D eigenvalue weighted by Gasteiger charge is -2.03. The fourth-order valence-corrected chi connectivity index (χ4v) is 0.623. The minimum Gasteiger partial charge on any atom is -0.512 e. The Hall–Kier alpha value is -1.27. The van der Waals surface area contributed by atoms with Crippen molar-refractivity contribution in [2.24, 2.45) is 0 Å². The summed E-state index contributed by atoms with van der Waals surface area (Å²) >= 11 is 0.